The van der Waals surface area contributed by atoms with Gasteiger partial charge in [-0.05, 0) is 24.6 Å². The third kappa shape index (κ3) is 3.76. The Morgan fingerprint density at radius 1 is 1.27 bits per heavy atom. The molecule has 2 aromatic rings. The van der Waals surface area contributed by atoms with Crippen molar-refractivity contribution in [2.45, 2.75) is 45.8 Å². The third-order valence-corrected chi connectivity index (χ3v) is 4.52. The number of aromatic nitrogens is 1. The summed E-state index contributed by atoms with van der Waals surface area (Å²) in [7, 11) is 0. The van der Waals surface area contributed by atoms with E-state index in [9.17, 15) is 14.0 Å². The molecule has 1 aromatic carbocycles. The fourth-order valence-corrected chi connectivity index (χ4v) is 3.01. The van der Waals surface area contributed by atoms with Gasteiger partial charge in [0.1, 0.15) is 29.9 Å². The van der Waals surface area contributed by atoms with Crippen molar-refractivity contribution in [3.8, 4) is 0 Å². The molecule has 0 spiro atoms. The SMILES string of the molecule is CC(C)c1cc(CN2C(=O)CN(Cc3cccc(F)c3)C(=O)[C@@H]2C)no1. The topological polar surface area (TPSA) is 66.7 Å². The highest BCUT2D eigenvalue weighted by Gasteiger charge is 2.36. The van der Waals surface area contributed by atoms with Crippen molar-refractivity contribution in [2.75, 3.05) is 6.54 Å². The Hall–Kier alpha value is -2.70. The Kier molecular flexibility index (Phi) is 5.06. The molecule has 3 rings (SSSR count). The normalized spacial score (nSPS) is 18.1. The Bertz CT molecular complexity index is 818. The molecule has 1 aromatic heterocycles. The lowest BCUT2D eigenvalue weighted by atomic mass is 10.1. The lowest BCUT2D eigenvalue weighted by Crippen LogP contribution is -2.58. The molecule has 0 bridgehead atoms. The fourth-order valence-electron chi connectivity index (χ4n) is 3.01. The van der Waals surface area contributed by atoms with Crippen LogP contribution in [0.15, 0.2) is 34.9 Å². The van der Waals surface area contributed by atoms with Gasteiger partial charge in [-0.1, -0.05) is 31.1 Å². The standard InChI is InChI=1S/C19H22FN3O3/c1-12(2)17-8-16(21-26-17)10-23-13(3)19(25)22(11-18(23)24)9-14-5-4-6-15(20)7-14/h4-8,12-13H,9-11H2,1-3H3/t13-/m0/s1. The van der Waals surface area contributed by atoms with E-state index < -0.39 is 6.04 Å². The predicted molar refractivity (Wildman–Crippen MR) is 92.4 cm³/mol. The van der Waals surface area contributed by atoms with Gasteiger partial charge in [-0.15, -0.1) is 0 Å². The highest BCUT2D eigenvalue weighted by Crippen LogP contribution is 2.20. The van der Waals surface area contributed by atoms with Crippen molar-refractivity contribution >= 4 is 11.8 Å². The Balaban J connectivity index is 1.70. The van der Waals surface area contributed by atoms with E-state index in [4.69, 9.17) is 4.52 Å². The Morgan fingerprint density at radius 2 is 2.04 bits per heavy atom. The largest absolute Gasteiger partial charge is 0.361 e. The van der Waals surface area contributed by atoms with Crippen molar-refractivity contribution < 1.29 is 18.5 Å². The summed E-state index contributed by atoms with van der Waals surface area (Å²) in [4.78, 5) is 28.2. The van der Waals surface area contributed by atoms with Gasteiger partial charge in [-0.2, -0.15) is 0 Å². The quantitative estimate of drug-likeness (QED) is 0.823. The summed E-state index contributed by atoms with van der Waals surface area (Å²) in [5.41, 5.74) is 1.28. The number of halogens is 1. The van der Waals surface area contributed by atoms with Gasteiger partial charge in [-0.3, -0.25) is 9.59 Å². The molecule has 1 fully saturated rings. The number of benzene rings is 1. The summed E-state index contributed by atoms with van der Waals surface area (Å²) in [5, 5.41) is 3.99. The van der Waals surface area contributed by atoms with Crippen LogP contribution in [0.1, 0.15) is 43.7 Å². The van der Waals surface area contributed by atoms with Gasteiger partial charge >= 0.3 is 0 Å². The second kappa shape index (κ2) is 7.27. The zero-order valence-electron chi connectivity index (χ0n) is 15.1. The summed E-state index contributed by atoms with van der Waals surface area (Å²) >= 11 is 0. The molecule has 1 atom stereocenters. The Morgan fingerprint density at radius 3 is 2.69 bits per heavy atom. The first-order chi connectivity index (χ1) is 12.3. The van der Waals surface area contributed by atoms with Crippen LogP contribution < -0.4 is 0 Å². The van der Waals surface area contributed by atoms with Crippen LogP contribution in [0.2, 0.25) is 0 Å². The van der Waals surface area contributed by atoms with Gasteiger partial charge < -0.3 is 14.3 Å². The lowest BCUT2D eigenvalue weighted by Gasteiger charge is -2.38. The molecule has 0 aliphatic carbocycles. The van der Waals surface area contributed by atoms with E-state index >= 15 is 0 Å². The van der Waals surface area contributed by atoms with Crippen molar-refractivity contribution in [1.29, 1.82) is 0 Å². The molecule has 7 heteroatoms. The molecule has 26 heavy (non-hydrogen) atoms. The monoisotopic (exact) mass is 359 g/mol. The van der Waals surface area contributed by atoms with Gasteiger partial charge in [0.15, 0.2) is 0 Å². The van der Waals surface area contributed by atoms with Crippen molar-refractivity contribution in [3.63, 3.8) is 0 Å². The number of carbonyl (C=O) groups is 2. The highest BCUT2D eigenvalue weighted by molar-refractivity contribution is 5.94. The van der Waals surface area contributed by atoms with Crippen LogP contribution in [0.25, 0.3) is 0 Å². The van der Waals surface area contributed by atoms with Crippen LogP contribution >= 0.6 is 0 Å². The van der Waals surface area contributed by atoms with Crippen LogP contribution in [0.4, 0.5) is 4.39 Å². The van der Waals surface area contributed by atoms with Gasteiger partial charge in [-0.25, -0.2) is 4.39 Å². The zero-order valence-corrected chi connectivity index (χ0v) is 15.1. The molecule has 0 radical (unpaired) electrons. The molecule has 138 valence electrons. The second-order valence-electron chi connectivity index (χ2n) is 6.90. The first kappa shape index (κ1) is 18.1. The number of carbonyl (C=O) groups excluding carboxylic acids is 2. The van der Waals surface area contributed by atoms with Gasteiger partial charge in [0.2, 0.25) is 11.8 Å². The van der Waals surface area contributed by atoms with Crippen LogP contribution in [-0.2, 0) is 22.7 Å². The van der Waals surface area contributed by atoms with Crippen molar-refractivity contribution in [1.82, 2.24) is 15.0 Å². The summed E-state index contributed by atoms with van der Waals surface area (Å²) in [6.07, 6.45) is 0. The Labute approximate surface area is 151 Å². The number of hydrogen-bond acceptors (Lipinski definition) is 4. The molecule has 0 unspecified atom stereocenters. The first-order valence-electron chi connectivity index (χ1n) is 8.63. The molecule has 2 heterocycles. The molecule has 1 saturated heterocycles. The minimum Gasteiger partial charge on any atom is -0.361 e. The maximum absolute atomic E-state index is 13.3. The molecule has 0 saturated carbocycles. The van der Waals surface area contributed by atoms with Crippen molar-refractivity contribution in [3.05, 3.63) is 53.2 Å². The number of rotatable bonds is 5. The molecule has 0 N–H and O–H groups in total. The van der Waals surface area contributed by atoms with Crippen LogP contribution in [0.3, 0.4) is 0 Å². The van der Waals surface area contributed by atoms with Crippen LogP contribution in [0.5, 0.6) is 0 Å². The van der Waals surface area contributed by atoms with Crippen LogP contribution in [-0.4, -0.2) is 39.4 Å². The van der Waals surface area contributed by atoms with Gasteiger partial charge in [0.25, 0.3) is 0 Å². The van der Waals surface area contributed by atoms with Crippen LogP contribution in [0, 0.1) is 5.82 Å². The van der Waals surface area contributed by atoms with E-state index in [0.717, 1.165) is 5.76 Å². The molecular weight excluding hydrogens is 337 g/mol. The number of nitrogens with zero attached hydrogens (tertiary/aromatic N) is 3. The van der Waals surface area contributed by atoms with E-state index in [0.29, 0.717) is 11.3 Å². The van der Waals surface area contributed by atoms with E-state index in [-0.39, 0.29) is 43.2 Å². The maximum Gasteiger partial charge on any atom is 0.245 e. The van der Waals surface area contributed by atoms with E-state index in [2.05, 4.69) is 5.16 Å². The number of amides is 2. The summed E-state index contributed by atoms with van der Waals surface area (Å²) in [6.45, 7) is 6.09. The average Bonchev–Trinajstić information content (AvgIpc) is 3.05. The van der Waals surface area contributed by atoms with E-state index in [1.165, 1.54) is 21.9 Å². The smallest absolute Gasteiger partial charge is 0.245 e. The van der Waals surface area contributed by atoms with E-state index in [1.54, 1.807) is 19.1 Å². The lowest BCUT2D eigenvalue weighted by molar-refractivity contribution is -0.156. The van der Waals surface area contributed by atoms with Crippen molar-refractivity contribution in [2.24, 2.45) is 0 Å². The second-order valence-corrected chi connectivity index (χ2v) is 6.90. The molecule has 1 aliphatic rings. The third-order valence-electron chi connectivity index (χ3n) is 4.52. The van der Waals surface area contributed by atoms with Gasteiger partial charge in [0, 0.05) is 18.5 Å². The zero-order chi connectivity index (χ0) is 18.8. The van der Waals surface area contributed by atoms with Gasteiger partial charge in [0.05, 0.1) is 6.54 Å². The number of hydrogen-bond donors (Lipinski definition) is 0. The summed E-state index contributed by atoms with van der Waals surface area (Å²) < 4.78 is 18.6. The summed E-state index contributed by atoms with van der Waals surface area (Å²) in [6, 6.07) is 7.25. The van der Waals surface area contributed by atoms with E-state index in [1.807, 2.05) is 19.9 Å². The first-order valence-corrected chi connectivity index (χ1v) is 8.63. The molecule has 6 nitrogen and oxygen atoms in total. The molecule has 2 amide bonds. The average molecular weight is 359 g/mol. The fraction of sp³-hybridized carbons (Fsp3) is 0.421. The minimum atomic E-state index is -0.607. The maximum atomic E-state index is 13.3. The highest BCUT2D eigenvalue weighted by atomic mass is 19.1. The minimum absolute atomic E-state index is 0.0332. The molecular formula is C19H22FN3O3. The number of piperazine rings is 1. The summed E-state index contributed by atoms with van der Waals surface area (Å²) in [5.74, 6) is 0.259. The molecule has 1 aliphatic heterocycles. The predicted octanol–water partition coefficient (Wildman–Crippen LogP) is 2.70.